The molecule has 0 unspecified atom stereocenters. The smallest absolute Gasteiger partial charge is 0.227 e. The molecule has 1 fully saturated rings. The van der Waals surface area contributed by atoms with E-state index in [0.717, 1.165) is 35.4 Å². The first-order valence-corrected chi connectivity index (χ1v) is 15.9. The molecule has 0 spiro atoms. The lowest BCUT2D eigenvalue weighted by Crippen LogP contribution is -2.36. The maximum absolute atomic E-state index is 12.1. The van der Waals surface area contributed by atoms with Gasteiger partial charge in [0.15, 0.2) is 17.2 Å². The lowest BCUT2D eigenvalue weighted by atomic mass is 9.86. The van der Waals surface area contributed by atoms with Crippen molar-refractivity contribution in [2.75, 3.05) is 24.4 Å². The fraction of sp³-hybridized carbons (Fsp3) is 0.400. The summed E-state index contributed by atoms with van der Waals surface area (Å²) in [4.78, 5) is 25.7. The third-order valence-electron chi connectivity index (χ3n) is 8.35. The molecular weight excluding hydrogens is 596 g/mol. The van der Waals surface area contributed by atoms with Gasteiger partial charge in [-0.25, -0.2) is 9.97 Å². The summed E-state index contributed by atoms with van der Waals surface area (Å²) in [5.74, 6) is 2.66. The Hall–Kier alpha value is -4.81. The second kappa shape index (κ2) is 13.5. The van der Waals surface area contributed by atoms with Crippen molar-refractivity contribution >= 4 is 34.7 Å². The summed E-state index contributed by atoms with van der Waals surface area (Å²) in [7, 11) is 3.50. The highest BCUT2D eigenvalue weighted by molar-refractivity contribution is 5.90. The van der Waals surface area contributed by atoms with E-state index < -0.39 is 0 Å². The van der Waals surface area contributed by atoms with Crippen LogP contribution in [-0.2, 0) is 33.3 Å². The number of carbonyl (C=O) groups is 1. The van der Waals surface area contributed by atoms with Crippen molar-refractivity contribution in [3.8, 4) is 11.5 Å². The molecule has 0 bridgehead atoms. The largest absolute Gasteiger partial charge is 0.455 e. The number of carbonyl (C=O) groups excluding carboxylic acids is 1. The van der Waals surface area contributed by atoms with Crippen molar-refractivity contribution in [1.82, 2.24) is 29.3 Å². The number of fused-ring (bicyclic) bond motifs is 1. The van der Waals surface area contributed by atoms with Crippen molar-refractivity contribution in [1.29, 1.82) is 0 Å². The first-order valence-electron chi connectivity index (χ1n) is 15.9. The van der Waals surface area contributed by atoms with E-state index in [1.807, 2.05) is 36.7 Å². The van der Waals surface area contributed by atoms with Gasteiger partial charge in [0.1, 0.15) is 11.6 Å². The summed E-state index contributed by atoms with van der Waals surface area (Å²) in [6, 6.07) is 16.1. The van der Waals surface area contributed by atoms with Gasteiger partial charge in [0.05, 0.1) is 43.5 Å². The van der Waals surface area contributed by atoms with Crippen LogP contribution < -0.4 is 15.4 Å². The van der Waals surface area contributed by atoms with Gasteiger partial charge in [-0.1, -0.05) is 51.1 Å². The fourth-order valence-corrected chi connectivity index (χ4v) is 5.68. The summed E-state index contributed by atoms with van der Waals surface area (Å²) in [5, 5.41) is 11.2. The van der Waals surface area contributed by atoms with E-state index in [-0.39, 0.29) is 29.9 Å². The SMILES string of the molecule is COCCC(=O)Nc1cc(Oc2cnc3nc(Nc4cc(C(C)(C)C)n(C5CC(OCc6ccccc6)C5)n4)n(C)c3c2C)ccn1. The first kappa shape index (κ1) is 32.1. The molecule has 47 heavy (non-hydrogen) atoms. The van der Waals surface area contributed by atoms with E-state index >= 15 is 0 Å². The Bertz CT molecular complexity index is 1850. The molecule has 2 N–H and O–H groups in total. The summed E-state index contributed by atoms with van der Waals surface area (Å²) in [5.41, 5.74) is 4.54. The predicted molar refractivity (Wildman–Crippen MR) is 180 cm³/mol. The molecule has 5 aromatic rings. The van der Waals surface area contributed by atoms with E-state index in [9.17, 15) is 4.79 Å². The second-order valence-corrected chi connectivity index (χ2v) is 13.0. The van der Waals surface area contributed by atoms with E-state index in [1.54, 1.807) is 31.6 Å². The number of hydrogen-bond acceptors (Lipinski definition) is 9. The van der Waals surface area contributed by atoms with E-state index in [0.29, 0.717) is 42.1 Å². The van der Waals surface area contributed by atoms with Crippen LogP contribution in [0.15, 0.2) is 60.9 Å². The Balaban J connectivity index is 1.16. The minimum absolute atomic E-state index is 0.0980. The van der Waals surface area contributed by atoms with Crippen molar-refractivity contribution < 1.29 is 19.0 Å². The monoisotopic (exact) mass is 638 g/mol. The van der Waals surface area contributed by atoms with Gasteiger partial charge >= 0.3 is 0 Å². The number of rotatable bonds is 12. The van der Waals surface area contributed by atoms with Gasteiger partial charge < -0.3 is 29.4 Å². The molecular formula is C35H42N8O4. The number of nitrogens with one attached hydrogen (secondary N) is 2. The third kappa shape index (κ3) is 7.28. The van der Waals surface area contributed by atoms with Gasteiger partial charge in [-0.2, -0.15) is 10.1 Å². The Morgan fingerprint density at radius 3 is 2.60 bits per heavy atom. The van der Waals surface area contributed by atoms with Crippen LogP contribution in [0.1, 0.15) is 62.9 Å². The molecule has 1 aliphatic rings. The second-order valence-electron chi connectivity index (χ2n) is 13.0. The standard InChI is InChI=1S/C35H42N8O4/c1-22-27(47-25-12-14-36-29(18-25)38-31(44)13-15-45-6)20-37-33-32(22)42(5)34(40-33)39-30-19-28(35(2,3)4)43(41-30)24-16-26(17-24)46-21-23-10-8-7-9-11-23/h7-12,14,18-20,24,26H,13,15-17,21H2,1-6H3,(H,36,38,44)(H,37,39,40,41). The number of amides is 1. The highest BCUT2D eigenvalue weighted by Gasteiger charge is 2.35. The number of nitrogens with zero attached hydrogens (tertiary/aromatic N) is 6. The van der Waals surface area contributed by atoms with E-state index in [1.165, 1.54) is 5.56 Å². The summed E-state index contributed by atoms with van der Waals surface area (Å²) in [6.07, 6.45) is 5.55. The Labute approximate surface area is 274 Å². The van der Waals surface area contributed by atoms with Gasteiger partial charge in [0.25, 0.3) is 0 Å². The lowest BCUT2D eigenvalue weighted by molar-refractivity contribution is -0.117. The van der Waals surface area contributed by atoms with Crippen LogP contribution in [0.4, 0.5) is 17.6 Å². The molecule has 0 radical (unpaired) electrons. The average Bonchev–Trinajstić information content (AvgIpc) is 3.58. The maximum atomic E-state index is 12.1. The maximum Gasteiger partial charge on any atom is 0.227 e. The zero-order valence-corrected chi connectivity index (χ0v) is 27.8. The molecule has 6 rings (SSSR count). The molecule has 4 aromatic heterocycles. The number of pyridine rings is 2. The van der Waals surface area contributed by atoms with Gasteiger partial charge in [0.2, 0.25) is 11.9 Å². The van der Waals surface area contributed by atoms with Crippen LogP contribution in [0.5, 0.6) is 11.5 Å². The average molecular weight is 639 g/mol. The number of methoxy groups -OCH3 is 1. The zero-order chi connectivity index (χ0) is 33.1. The molecule has 246 valence electrons. The molecule has 1 aliphatic carbocycles. The Morgan fingerprint density at radius 2 is 1.85 bits per heavy atom. The van der Waals surface area contributed by atoms with Gasteiger partial charge in [-0.15, -0.1) is 0 Å². The van der Waals surface area contributed by atoms with Crippen LogP contribution in [0.25, 0.3) is 11.2 Å². The topological polar surface area (TPSA) is 130 Å². The number of ether oxygens (including phenoxy) is 3. The molecule has 0 atom stereocenters. The number of aromatic nitrogens is 6. The molecule has 1 saturated carbocycles. The molecule has 0 saturated heterocycles. The van der Waals surface area contributed by atoms with Crippen molar-refractivity contribution in [3.63, 3.8) is 0 Å². The third-order valence-corrected chi connectivity index (χ3v) is 8.35. The molecule has 1 amide bonds. The fourth-order valence-electron chi connectivity index (χ4n) is 5.68. The van der Waals surface area contributed by atoms with Gasteiger partial charge in [-0.3, -0.25) is 9.48 Å². The number of aryl methyl sites for hydroxylation is 2. The minimum Gasteiger partial charge on any atom is -0.455 e. The van der Waals surface area contributed by atoms with Crippen LogP contribution in [0.2, 0.25) is 0 Å². The minimum atomic E-state index is -0.185. The first-order chi connectivity index (χ1) is 22.6. The molecule has 1 aromatic carbocycles. The molecule has 12 heteroatoms. The molecule has 0 aliphatic heterocycles. The van der Waals surface area contributed by atoms with Crippen LogP contribution in [0, 0.1) is 6.92 Å². The molecule has 4 heterocycles. The normalized spacial score (nSPS) is 16.2. The summed E-state index contributed by atoms with van der Waals surface area (Å²) >= 11 is 0. The number of anilines is 3. The lowest BCUT2D eigenvalue weighted by Gasteiger charge is -2.37. The predicted octanol–water partition coefficient (Wildman–Crippen LogP) is 6.60. The Kier molecular flexibility index (Phi) is 9.24. The zero-order valence-electron chi connectivity index (χ0n) is 27.8. The Morgan fingerprint density at radius 1 is 1.06 bits per heavy atom. The number of hydrogen-bond donors (Lipinski definition) is 2. The number of benzene rings is 1. The summed E-state index contributed by atoms with van der Waals surface area (Å²) in [6.45, 7) is 9.55. The van der Waals surface area contributed by atoms with Crippen LogP contribution in [-0.4, -0.2) is 55.0 Å². The van der Waals surface area contributed by atoms with Crippen LogP contribution >= 0.6 is 0 Å². The van der Waals surface area contributed by atoms with Gasteiger partial charge in [-0.05, 0) is 31.4 Å². The molecule has 12 nitrogen and oxygen atoms in total. The number of imidazole rings is 1. The van der Waals surface area contributed by atoms with Crippen molar-refractivity contribution in [2.45, 2.75) is 71.1 Å². The summed E-state index contributed by atoms with van der Waals surface area (Å²) < 4.78 is 21.5. The van der Waals surface area contributed by atoms with E-state index in [4.69, 9.17) is 24.3 Å². The van der Waals surface area contributed by atoms with Crippen LogP contribution in [0.3, 0.4) is 0 Å². The van der Waals surface area contributed by atoms with Crippen molar-refractivity contribution in [2.24, 2.45) is 7.05 Å². The quantitative estimate of drug-likeness (QED) is 0.155. The highest BCUT2D eigenvalue weighted by atomic mass is 16.5. The van der Waals surface area contributed by atoms with E-state index in [2.05, 4.69) is 64.3 Å². The van der Waals surface area contributed by atoms with Gasteiger partial charge in [0, 0.05) is 49.2 Å². The van der Waals surface area contributed by atoms with Crippen molar-refractivity contribution in [3.05, 3.63) is 77.7 Å². The highest BCUT2D eigenvalue weighted by Crippen LogP contribution is 2.39.